The van der Waals surface area contributed by atoms with E-state index in [1.54, 1.807) is 11.3 Å². The van der Waals surface area contributed by atoms with Gasteiger partial charge in [-0.1, -0.05) is 23.7 Å². The number of thiazole rings is 1. The van der Waals surface area contributed by atoms with Crippen molar-refractivity contribution < 1.29 is 0 Å². The average Bonchev–Trinajstić information content (AvgIpc) is 2.69. The van der Waals surface area contributed by atoms with E-state index in [0.29, 0.717) is 0 Å². The van der Waals surface area contributed by atoms with E-state index < -0.39 is 0 Å². The van der Waals surface area contributed by atoms with Crippen LogP contribution in [0.2, 0.25) is 5.02 Å². The van der Waals surface area contributed by atoms with Crippen LogP contribution in [0.15, 0.2) is 24.3 Å². The molecule has 1 N–H and O–H groups in total. The summed E-state index contributed by atoms with van der Waals surface area (Å²) in [7, 11) is 0. The van der Waals surface area contributed by atoms with Crippen LogP contribution in [-0.2, 0) is 0 Å². The van der Waals surface area contributed by atoms with Crippen molar-refractivity contribution in [3.05, 3.63) is 50.4 Å². The van der Waals surface area contributed by atoms with Gasteiger partial charge < -0.3 is 5.32 Å². The fourth-order valence-electron chi connectivity index (χ4n) is 2.25. The van der Waals surface area contributed by atoms with E-state index in [1.807, 2.05) is 12.1 Å². The van der Waals surface area contributed by atoms with Gasteiger partial charge in [0.2, 0.25) is 0 Å². The summed E-state index contributed by atoms with van der Waals surface area (Å²) in [5.41, 5.74) is 2.39. The molecule has 2 aromatic rings. The lowest BCUT2D eigenvalue weighted by atomic mass is 10.1. The molecule has 0 amide bonds. The second-order valence-electron chi connectivity index (χ2n) is 4.84. The smallest absolute Gasteiger partial charge is 0.0900 e. The van der Waals surface area contributed by atoms with Gasteiger partial charge in [0.1, 0.15) is 0 Å². The van der Waals surface area contributed by atoms with Crippen molar-refractivity contribution in [2.75, 3.05) is 0 Å². The van der Waals surface area contributed by atoms with Crippen LogP contribution in [0, 0.1) is 13.8 Å². The highest BCUT2D eigenvalue weighted by molar-refractivity contribution is 7.11. The second-order valence-corrected chi connectivity index (χ2v) is 6.68. The third-order valence-corrected chi connectivity index (χ3v) is 4.37. The number of hydrogen-bond acceptors (Lipinski definition) is 3. The molecule has 4 heteroatoms. The van der Waals surface area contributed by atoms with Crippen LogP contribution in [0.4, 0.5) is 0 Å². The molecule has 0 spiro atoms. The predicted octanol–water partition coefficient (Wildman–Crippen LogP) is 4.83. The number of aryl methyl sites for hydroxylation is 2. The number of benzene rings is 1. The van der Waals surface area contributed by atoms with Gasteiger partial charge in [0, 0.05) is 22.0 Å². The molecule has 2 nitrogen and oxygen atoms in total. The van der Waals surface area contributed by atoms with Crippen LogP contribution in [0.3, 0.4) is 0 Å². The average molecular weight is 295 g/mol. The summed E-state index contributed by atoms with van der Waals surface area (Å²) in [5.74, 6) is 0. The van der Waals surface area contributed by atoms with E-state index in [-0.39, 0.29) is 12.1 Å². The summed E-state index contributed by atoms with van der Waals surface area (Å²) in [4.78, 5) is 5.90. The molecule has 0 aliphatic heterocycles. The number of hydrogen-bond donors (Lipinski definition) is 1. The highest BCUT2D eigenvalue weighted by Crippen LogP contribution is 2.25. The quantitative estimate of drug-likeness (QED) is 0.874. The Bertz CT molecular complexity index is 548. The number of halogens is 1. The third-order valence-electron chi connectivity index (χ3n) is 3.22. The van der Waals surface area contributed by atoms with E-state index in [4.69, 9.17) is 11.6 Å². The summed E-state index contributed by atoms with van der Waals surface area (Å²) in [6.07, 6.45) is 0. The lowest BCUT2D eigenvalue weighted by Gasteiger charge is -2.20. The molecule has 19 heavy (non-hydrogen) atoms. The maximum Gasteiger partial charge on any atom is 0.0900 e. The van der Waals surface area contributed by atoms with Gasteiger partial charge in [-0.25, -0.2) is 4.98 Å². The Morgan fingerprint density at radius 3 is 2.26 bits per heavy atom. The monoisotopic (exact) mass is 294 g/mol. The lowest BCUT2D eigenvalue weighted by molar-refractivity contribution is 0.486. The largest absolute Gasteiger partial charge is 0.302 e. The first kappa shape index (κ1) is 14.5. The first-order valence-corrected chi connectivity index (χ1v) is 7.62. The molecule has 0 radical (unpaired) electrons. The van der Waals surface area contributed by atoms with Crippen molar-refractivity contribution >= 4 is 22.9 Å². The molecule has 1 aromatic carbocycles. The van der Waals surface area contributed by atoms with E-state index in [0.717, 1.165) is 15.7 Å². The topological polar surface area (TPSA) is 24.9 Å². The Balaban J connectivity index is 2.08. The Kier molecular flexibility index (Phi) is 4.61. The maximum atomic E-state index is 5.91. The van der Waals surface area contributed by atoms with Gasteiger partial charge in [-0.15, -0.1) is 11.3 Å². The minimum atomic E-state index is 0.246. The maximum absolute atomic E-state index is 5.91. The highest BCUT2D eigenvalue weighted by Gasteiger charge is 2.16. The first-order chi connectivity index (χ1) is 8.97. The molecule has 0 bridgehead atoms. The lowest BCUT2D eigenvalue weighted by Crippen LogP contribution is -2.23. The Labute approximate surface area is 123 Å². The molecule has 2 rings (SSSR count). The van der Waals surface area contributed by atoms with E-state index in [9.17, 15) is 0 Å². The van der Waals surface area contributed by atoms with Crippen LogP contribution < -0.4 is 5.32 Å². The molecule has 0 aliphatic rings. The fourth-order valence-corrected chi connectivity index (χ4v) is 3.29. The molecule has 1 aromatic heterocycles. The van der Waals surface area contributed by atoms with Gasteiger partial charge in [0.05, 0.1) is 10.7 Å². The first-order valence-electron chi connectivity index (χ1n) is 6.43. The van der Waals surface area contributed by atoms with Crippen LogP contribution in [0.5, 0.6) is 0 Å². The number of nitrogens with zero attached hydrogens (tertiary/aromatic N) is 1. The minimum absolute atomic E-state index is 0.246. The van der Waals surface area contributed by atoms with Gasteiger partial charge in [0.25, 0.3) is 0 Å². The summed E-state index contributed by atoms with van der Waals surface area (Å²) in [6.45, 7) is 8.50. The zero-order valence-electron chi connectivity index (χ0n) is 11.7. The SMILES string of the molecule is Cc1nc(C(C)NC(C)c2ccc(Cl)cc2)c(C)s1. The number of aromatic nitrogens is 1. The predicted molar refractivity (Wildman–Crippen MR) is 83.0 cm³/mol. The number of nitrogens with one attached hydrogen (secondary N) is 1. The zero-order chi connectivity index (χ0) is 14.0. The van der Waals surface area contributed by atoms with Crippen molar-refractivity contribution in [1.82, 2.24) is 10.3 Å². The third kappa shape index (κ3) is 3.56. The summed E-state index contributed by atoms with van der Waals surface area (Å²) in [5, 5.41) is 5.49. The van der Waals surface area contributed by atoms with Crippen LogP contribution >= 0.6 is 22.9 Å². The van der Waals surface area contributed by atoms with Gasteiger partial charge in [-0.2, -0.15) is 0 Å². The van der Waals surface area contributed by atoms with Gasteiger partial charge in [0.15, 0.2) is 0 Å². The standard InChI is InChI=1S/C15H19ClN2S/c1-9(13-5-7-14(16)8-6-13)17-10(2)15-11(3)19-12(4)18-15/h5-10,17H,1-4H3. The van der Waals surface area contributed by atoms with E-state index in [1.165, 1.54) is 10.4 Å². The molecule has 0 fully saturated rings. The molecule has 2 unspecified atom stereocenters. The molecule has 1 heterocycles. The zero-order valence-corrected chi connectivity index (χ0v) is 13.3. The van der Waals surface area contributed by atoms with Gasteiger partial charge in [-0.3, -0.25) is 0 Å². The number of rotatable bonds is 4. The molecule has 0 saturated carbocycles. The summed E-state index contributed by atoms with van der Waals surface area (Å²) >= 11 is 7.67. The van der Waals surface area contributed by atoms with E-state index in [2.05, 4.69) is 50.1 Å². The van der Waals surface area contributed by atoms with Crippen LogP contribution in [-0.4, -0.2) is 4.98 Å². The van der Waals surface area contributed by atoms with Crippen LogP contribution in [0.25, 0.3) is 0 Å². The Hall–Kier alpha value is -0.900. The minimum Gasteiger partial charge on any atom is -0.302 e. The fraction of sp³-hybridized carbons (Fsp3) is 0.400. The molecule has 102 valence electrons. The molecule has 0 saturated heterocycles. The molecular weight excluding hydrogens is 276 g/mol. The van der Waals surface area contributed by atoms with Crippen molar-refractivity contribution in [3.8, 4) is 0 Å². The summed E-state index contributed by atoms with van der Waals surface area (Å²) in [6, 6.07) is 8.50. The van der Waals surface area contributed by atoms with Gasteiger partial charge in [-0.05, 0) is 45.4 Å². The normalized spacial score (nSPS) is 14.4. The van der Waals surface area contributed by atoms with Gasteiger partial charge >= 0.3 is 0 Å². The van der Waals surface area contributed by atoms with Crippen molar-refractivity contribution in [2.45, 2.75) is 39.8 Å². The van der Waals surface area contributed by atoms with Crippen molar-refractivity contribution in [2.24, 2.45) is 0 Å². The van der Waals surface area contributed by atoms with Crippen molar-refractivity contribution in [3.63, 3.8) is 0 Å². The molecule has 0 aliphatic carbocycles. The summed E-state index contributed by atoms with van der Waals surface area (Å²) < 4.78 is 0. The highest BCUT2D eigenvalue weighted by atomic mass is 35.5. The second kappa shape index (κ2) is 6.04. The van der Waals surface area contributed by atoms with E-state index >= 15 is 0 Å². The Morgan fingerprint density at radius 2 is 1.74 bits per heavy atom. The molecule has 2 atom stereocenters. The van der Waals surface area contributed by atoms with Crippen LogP contribution in [0.1, 0.15) is 47.1 Å². The Morgan fingerprint density at radius 1 is 1.11 bits per heavy atom. The van der Waals surface area contributed by atoms with Crippen molar-refractivity contribution in [1.29, 1.82) is 0 Å². The molecular formula is C15H19ClN2S.